The Morgan fingerprint density at radius 2 is 1.96 bits per heavy atom. The van der Waals surface area contributed by atoms with Gasteiger partial charge in [-0.2, -0.15) is 15.4 Å². The lowest BCUT2D eigenvalue weighted by Gasteiger charge is -2.32. The van der Waals surface area contributed by atoms with Gasteiger partial charge in [0.15, 0.2) is 0 Å². The van der Waals surface area contributed by atoms with Crippen molar-refractivity contribution in [2.75, 3.05) is 33.7 Å². The summed E-state index contributed by atoms with van der Waals surface area (Å²) in [5.74, 6) is 0.0149. The lowest BCUT2D eigenvalue weighted by Crippen LogP contribution is -2.47. The van der Waals surface area contributed by atoms with Gasteiger partial charge in [0.25, 0.3) is 5.91 Å². The molecule has 1 fully saturated rings. The summed E-state index contributed by atoms with van der Waals surface area (Å²) in [5.41, 5.74) is 2.01. The maximum atomic E-state index is 12.4. The van der Waals surface area contributed by atoms with Crippen LogP contribution >= 0.6 is 0 Å². The monoisotopic (exact) mass is 330 g/mol. The van der Waals surface area contributed by atoms with E-state index in [-0.39, 0.29) is 17.9 Å². The molecule has 8 heteroatoms. The van der Waals surface area contributed by atoms with Gasteiger partial charge in [0.1, 0.15) is 11.0 Å². The lowest BCUT2D eigenvalue weighted by atomic mass is 10.0. The molecule has 8 nitrogen and oxygen atoms in total. The minimum absolute atomic E-state index is 0.0947. The normalized spacial score (nSPS) is 16.2. The Labute approximate surface area is 140 Å². The number of H-pyrrole nitrogens is 1. The van der Waals surface area contributed by atoms with Gasteiger partial charge in [-0.1, -0.05) is 0 Å². The highest BCUT2D eigenvalue weighted by Gasteiger charge is 2.23. The van der Waals surface area contributed by atoms with Gasteiger partial charge in [0.2, 0.25) is 5.91 Å². The maximum absolute atomic E-state index is 12.4. The first-order chi connectivity index (χ1) is 11.5. The summed E-state index contributed by atoms with van der Waals surface area (Å²) in [7, 11) is 3.53. The van der Waals surface area contributed by atoms with Crippen molar-refractivity contribution < 1.29 is 9.59 Å². The van der Waals surface area contributed by atoms with Crippen LogP contribution in [-0.4, -0.2) is 76.8 Å². The maximum Gasteiger partial charge on any atom is 0.251 e. The number of amides is 2. The fraction of sp³-hybridized carbons (Fsp3) is 0.500. The summed E-state index contributed by atoms with van der Waals surface area (Å²) in [5, 5.41) is 13.6. The Morgan fingerprint density at radius 1 is 1.25 bits per heavy atom. The number of hydrogen-bond acceptors (Lipinski definition) is 5. The molecule has 2 heterocycles. The molecule has 2 aromatic rings. The van der Waals surface area contributed by atoms with E-state index < -0.39 is 0 Å². The molecule has 0 aliphatic carbocycles. The number of nitrogens with zero attached hydrogens (tertiary/aromatic N) is 4. The highest BCUT2D eigenvalue weighted by Crippen LogP contribution is 2.14. The second-order valence-electron chi connectivity index (χ2n) is 6.34. The fourth-order valence-electron chi connectivity index (χ4n) is 2.82. The van der Waals surface area contributed by atoms with Crippen LogP contribution in [0, 0.1) is 0 Å². The SMILES string of the molecule is CN(C)C(=O)CN1CCC(NC(=O)c2ccc3n[nH]nc3c2)CC1. The number of rotatable bonds is 4. The zero-order valence-corrected chi connectivity index (χ0v) is 14.0. The van der Waals surface area contributed by atoms with Gasteiger partial charge in [-0.05, 0) is 31.0 Å². The molecule has 0 radical (unpaired) electrons. The van der Waals surface area contributed by atoms with Crippen LogP contribution in [0.2, 0.25) is 0 Å². The number of aromatic nitrogens is 3. The standard InChI is InChI=1S/C16H22N6O2/c1-21(2)15(23)10-22-7-5-12(6-8-22)17-16(24)11-3-4-13-14(9-11)19-20-18-13/h3-4,9,12H,5-8,10H2,1-2H3,(H,17,24)(H,18,19,20). The molecule has 0 saturated carbocycles. The number of nitrogens with one attached hydrogen (secondary N) is 2. The van der Waals surface area contributed by atoms with E-state index in [4.69, 9.17) is 0 Å². The molecule has 2 amide bonds. The molecule has 0 spiro atoms. The van der Waals surface area contributed by atoms with Gasteiger partial charge >= 0.3 is 0 Å². The third-order valence-corrected chi connectivity index (χ3v) is 4.36. The van der Waals surface area contributed by atoms with Crippen molar-refractivity contribution in [2.24, 2.45) is 0 Å². The zero-order chi connectivity index (χ0) is 17.1. The average molecular weight is 330 g/mol. The molecule has 0 atom stereocenters. The predicted octanol–water partition coefficient (Wildman–Crippen LogP) is 0.240. The Kier molecular flexibility index (Phi) is 4.75. The minimum Gasteiger partial charge on any atom is -0.349 e. The van der Waals surface area contributed by atoms with Crippen molar-refractivity contribution in [2.45, 2.75) is 18.9 Å². The number of benzene rings is 1. The van der Waals surface area contributed by atoms with Crippen LogP contribution in [-0.2, 0) is 4.79 Å². The van der Waals surface area contributed by atoms with Crippen molar-refractivity contribution in [1.82, 2.24) is 30.5 Å². The highest BCUT2D eigenvalue weighted by atomic mass is 16.2. The van der Waals surface area contributed by atoms with Gasteiger partial charge in [0.05, 0.1) is 6.54 Å². The topological polar surface area (TPSA) is 94.2 Å². The number of likely N-dealkylation sites (tertiary alicyclic amines) is 1. The molecule has 24 heavy (non-hydrogen) atoms. The van der Waals surface area contributed by atoms with Crippen LogP contribution in [0.1, 0.15) is 23.2 Å². The van der Waals surface area contributed by atoms with E-state index in [0.29, 0.717) is 17.6 Å². The molecule has 2 N–H and O–H groups in total. The van der Waals surface area contributed by atoms with Gasteiger partial charge < -0.3 is 10.2 Å². The van der Waals surface area contributed by atoms with Crippen molar-refractivity contribution >= 4 is 22.8 Å². The quantitative estimate of drug-likeness (QED) is 0.837. The van der Waals surface area contributed by atoms with E-state index in [0.717, 1.165) is 31.4 Å². The number of carbonyl (C=O) groups is 2. The van der Waals surface area contributed by atoms with Crippen LogP contribution in [0.15, 0.2) is 18.2 Å². The first kappa shape index (κ1) is 16.4. The van der Waals surface area contributed by atoms with Crippen molar-refractivity contribution in [3.05, 3.63) is 23.8 Å². The summed E-state index contributed by atoms with van der Waals surface area (Å²) >= 11 is 0. The molecule has 1 aromatic carbocycles. The van der Waals surface area contributed by atoms with Gasteiger partial charge in [-0.25, -0.2) is 0 Å². The summed E-state index contributed by atoms with van der Waals surface area (Å²) in [6, 6.07) is 5.41. The smallest absolute Gasteiger partial charge is 0.251 e. The second kappa shape index (κ2) is 6.96. The highest BCUT2D eigenvalue weighted by molar-refractivity contribution is 5.97. The molecule has 1 aliphatic rings. The van der Waals surface area contributed by atoms with Crippen LogP contribution in [0.3, 0.4) is 0 Å². The van der Waals surface area contributed by atoms with Crippen molar-refractivity contribution in [3.63, 3.8) is 0 Å². The minimum atomic E-state index is -0.0947. The molecule has 1 aromatic heterocycles. The number of likely N-dealkylation sites (N-methyl/N-ethyl adjacent to an activating group) is 1. The van der Waals surface area contributed by atoms with E-state index in [2.05, 4.69) is 25.6 Å². The number of piperidine rings is 1. The first-order valence-electron chi connectivity index (χ1n) is 8.07. The third kappa shape index (κ3) is 3.70. The largest absolute Gasteiger partial charge is 0.349 e. The van der Waals surface area contributed by atoms with Crippen LogP contribution in [0.4, 0.5) is 0 Å². The molecule has 3 rings (SSSR count). The van der Waals surface area contributed by atoms with Gasteiger partial charge in [-0.15, -0.1) is 0 Å². The van der Waals surface area contributed by atoms with E-state index in [1.54, 1.807) is 37.2 Å². The molecule has 0 bridgehead atoms. The van der Waals surface area contributed by atoms with Gasteiger partial charge in [-0.3, -0.25) is 14.5 Å². The molecule has 1 saturated heterocycles. The Balaban J connectivity index is 1.52. The Morgan fingerprint density at radius 3 is 2.67 bits per heavy atom. The van der Waals surface area contributed by atoms with E-state index in [1.807, 2.05) is 0 Å². The summed E-state index contributed by atoms with van der Waals surface area (Å²) in [6.45, 7) is 2.07. The van der Waals surface area contributed by atoms with Crippen molar-refractivity contribution in [1.29, 1.82) is 0 Å². The van der Waals surface area contributed by atoms with Crippen LogP contribution in [0.5, 0.6) is 0 Å². The summed E-state index contributed by atoms with van der Waals surface area (Å²) in [4.78, 5) is 27.9. The summed E-state index contributed by atoms with van der Waals surface area (Å²) < 4.78 is 0. The predicted molar refractivity (Wildman–Crippen MR) is 89.5 cm³/mol. The second-order valence-corrected chi connectivity index (χ2v) is 6.34. The first-order valence-corrected chi connectivity index (χ1v) is 8.07. The van der Waals surface area contributed by atoms with Gasteiger partial charge in [0, 0.05) is 38.8 Å². The number of carbonyl (C=O) groups excluding carboxylic acids is 2. The number of hydrogen-bond donors (Lipinski definition) is 2. The molecule has 1 aliphatic heterocycles. The zero-order valence-electron chi connectivity index (χ0n) is 14.0. The van der Waals surface area contributed by atoms with E-state index >= 15 is 0 Å². The summed E-state index contributed by atoms with van der Waals surface area (Å²) in [6.07, 6.45) is 1.69. The van der Waals surface area contributed by atoms with Crippen LogP contribution in [0.25, 0.3) is 11.0 Å². The number of aromatic amines is 1. The third-order valence-electron chi connectivity index (χ3n) is 4.36. The Hall–Kier alpha value is -2.48. The average Bonchev–Trinajstić information content (AvgIpc) is 3.04. The van der Waals surface area contributed by atoms with Crippen LogP contribution < -0.4 is 5.32 Å². The molecule has 0 unspecified atom stereocenters. The Bertz CT molecular complexity index is 733. The molecular weight excluding hydrogens is 308 g/mol. The fourth-order valence-corrected chi connectivity index (χ4v) is 2.82. The number of fused-ring (bicyclic) bond motifs is 1. The van der Waals surface area contributed by atoms with Crippen molar-refractivity contribution in [3.8, 4) is 0 Å². The molecular formula is C16H22N6O2. The van der Waals surface area contributed by atoms with E-state index in [9.17, 15) is 9.59 Å². The van der Waals surface area contributed by atoms with E-state index in [1.165, 1.54) is 0 Å². The molecule has 128 valence electrons. The lowest BCUT2D eigenvalue weighted by molar-refractivity contribution is -0.130.